The van der Waals surface area contributed by atoms with E-state index in [-0.39, 0.29) is 38.6 Å². The third kappa shape index (κ3) is 6.76. The number of aromatic nitrogens is 1. The highest BCUT2D eigenvalue weighted by Crippen LogP contribution is 2.43. The minimum atomic E-state index is -1.58. The first-order valence-corrected chi connectivity index (χ1v) is 16.2. The Kier molecular flexibility index (Phi) is 9.62. The van der Waals surface area contributed by atoms with E-state index in [1.54, 1.807) is 32.0 Å². The van der Waals surface area contributed by atoms with Crippen LogP contribution in [0.2, 0.25) is 0 Å². The summed E-state index contributed by atoms with van der Waals surface area (Å²) in [4.78, 5) is 42.9. The van der Waals surface area contributed by atoms with Crippen molar-refractivity contribution in [2.75, 3.05) is 13.3 Å². The highest BCUT2D eigenvalue weighted by Gasteiger charge is 2.56. The average molecular weight is 647 g/mol. The van der Waals surface area contributed by atoms with Crippen LogP contribution in [-0.4, -0.2) is 75.2 Å². The monoisotopic (exact) mass is 646 g/mol. The molecule has 0 radical (unpaired) electrons. The van der Waals surface area contributed by atoms with E-state index in [0.29, 0.717) is 35.6 Å². The van der Waals surface area contributed by atoms with Gasteiger partial charge in [0, 0.05) is 23.6 Å². The first-order chi connectivity index (χ1) is 22.7. The summed E-state index contributed by atoms with van der Waals surface area (Å²) < 4.78 is 17.0. The Morgan fingerprint density at radius 1 is 1.06 bits per heavy atom. The van der Waals surface area contributed by atoms with Crippen LogP contribution in [0.4, 0.5) is 0 Å². The molecule has 5 atom stereocenters. The number of aliphatic hydroxyl groups is 2. The Morgan fingerprint density at radius 2 is 1.79 bits per heavy atom. The summed E-state index contributed by atoms with van der Waals surface area (Å²) in [6.07, 6.45) is 0.439. The van der Waals surface area contributed by atoms with Crippen molar-refractivity contribution < 1.29 is 38.6 Å². The molecule has 0 unspecified atom stereocenters. The molecule has 2 aromatic carbocycles. The molecule has 4 N–H and O–H groups in total. The van der Waals surface area contributed by atoms with E-state index in [4.69, 9.17) is 14.0 Å². The highest BCUT2D eigenvalue weighted by atomic mass is 16.5. The fraction of sp³-hybridized carbons (Fsp3) is 0.486. The standard InChI is InChI=1S/C35H42N4O8/c1-21-26(22(2)47-38-21)18-36-33(43)31-35(14-8-9-15-35)46-20-39(31)34(44)27(40)17-24(16-23-10-4-3-5-11-23)32(42)37-30-25-12-6-7-13-29(25)45-19-28(30)41/h3-7,10-13,24,27-28,30-31,40-41H,8-9,14-20H2,1-2H3,(H,36,43)(H,37,42)/t24-,27+,28-,30+,31-/m1/s1. The number of benzene rings is 2. The molecular formula is C35H42N4O8. The molecule has 6 rings (SSSR count). The first-order valence-electron chi connectivity index (χ1n) is 16.2. The van der Waals surface area contributed by atoms with Gasteiger partial charge in [-0.25, -0.2) is 0 Å². The van der Waals surface area contributed by atoms with Gasteiger partial charge < -0.3 is 39.7 Å². The molecular weight excluding hydrogens is 604 g/mol. The van der Waals surface area contributed by atoms with Gasteiger partial charge in [0.2, 0.25) is 11.8 Å². The Labute approximate surface area is 273 Å². The van der Waals surface area contributed by atoms with E-state index in [0.717, 1.165) is 24.0 Å². The van der Waals surface area contributed by atoms with Crippen LogP contribution in [0, 0.1) is 19.8 Å². The minimum Gasteiger partial charge on any atom is -0.490 e. The molecule has 1 saturated heterocycles. The smallest absolute Gasteiger partial charge is 0.254 e. The van der Waals surface area contributed by atoms with Crippen LogP contribution in [0.3, 0.4) is 0 Å². The predicted molar refractivity (Wildman–Crippen MR) is 169 cm³/mol. The van der Waals surface area contributed by atoms with E-state index in [9.17, 15) is 24.6 Å². The number of hydrogen-bond donors (Lipinski definition) is 4. The SMILES string of the molecule is Cc1noc(C)c1CNC(=O)[C@H]1N(C(=O)[C@@H](O)C[C@@H](Cc2ccccc2)C(=O)N[C@H]2c3ccccc3OC[C@H]2O)COC12CCCC2. The largest absolute Gasteiger partial charge is 0.490 e. The van der Waals surface area contributed by atoms with Crippen molar-refractivity contribution in [3.05, 3.63) is 82.7 Å². The third-order valence-electron chi connectivity index (χ3n) is 9.74. The second-order valence-corrected chi connectivity index (χ2v) is 12.8. The van der Waals surface area contributed by atoms with Crippen molar-refractivity contribution in [1.29, 1.82) is 0 Å². The van der Waals surface area contributed by atoms with Crippen molar-refractivity contribution in [3.63, 3.8) is 0 Å². The second kappa shape index (κ2) is 13.8. The summed E-state index contributed by atoms with van der Waals surface area (Å²) in [5.74, 6) is -1.12. The van der Waals surface area contributed by atoms with Gasteiger partial charge in [-0.15, -0.1) is 0 Å². The summed E-state index contributed by atoms with van der Waals surface area (Å²) in [5.41, 5.74) is 2.10. The van der Waals surface area contributed by atoms with Crippen LogP contribution in [0.15, 0.2) is 59.1 Å². The molecule has 2 aliphatic heterocycles. The number of ether oxygens (including phenoxy) is 2. The van der Waals surface area contributed by atoms with Crippen molar-refractivity contribution in [2.24, 2.45) is 5.92 Å². The van der Waals surface area contributed by atoms with E-state index in [2.05, 4.69) is 15.8 Å². The van der Waals surface area contributed by atoms with Gasteiger partial charge in [-0.05, 0) is 51.2 Å². The summed E-state index contributed by atoms with van der Waals surface area (Å²) in [7, 11) is 0. The van der Waals surface area contributed by atoms with Gasteiger partial charge in [-0.2, -0.15) is 0 Å². The Morgan fingerprint density at radius 3 is 2.51 bits per heavy atom. The van der Waals surface area contributed by atoms with Crippen LogP contribution in [0.1, 0.15) is 66.3 Å². The fourth-order valence-corrected chi connectivity index (χ4v) is 7.16. The molecule has 1 aliphatic carbocycles. The van der Waals surface area contributed by atoms with Gasteiger partial charge >= 0.3 is 0 Å². The van der Waals surface area contributed by atoms with Crippen LogP contribution < -0.4 is 15.4 Å². The number of hydrogen-bond acceptors (Lipinski definition) is 9. The summed E-state index contributed by atoms with van der Waals surface area (Å²) in [6, 6.07) is 14.9. The predicted octanol–water partition coefficient (Wildman–Crippen LogP) is 2.63. The van der Waals surface area contributed by atoms with E-state index in [1.165, 1.54) is 4.90 Å². The number of rotatable bonds is 10. The number of nitrogens with one attached hydrogen (secondary N) is 2. The van der Waals surface area contributed by atoms with Crippen molar-refractivity contribution in [1.82, 2.24) is 20.7 Å². The van der Waals surface area contributed by atoms with Crippen LogP contribution >= 0.6 is 0 Å². The van der Waals surface area contributed by atoms with Gasteiger partial charge in [0.15, 0.2) is 0 Å². The van der Waals surface area contributed by atoms with E-state index in [1.807, 2.05) is 36.4 Å². The highest BCUT2D eigenvalue weighted by molar-refractivity contribution is 5.91. The first kappa shape index (κ1) is 32.7. The zero-order chi connectivity index (χ0) is 33.1. The van der Waals surface area contributed by atoms with E-state index < -0.39 is 47.6 Å². The van der Waals surface area contributed by atoms with Gasteiger partial charge in [0.1, 0.15) is 43.1 Å². The molecule has 1 aromatic heterocycles. The van der Waals surface area contributed by atoms with Crippen LogP contribution in [-0.2, 0) is 32.1 Å². The summed E-state index contributed by atoms with van der Waals surface area (Å²) >= 11 is 0. The third-order valence-corrected chi connectivity index (χ3v) is 9.74. The Balaban J connectivity index is 1.20. The molecule has 3 aliphatic rings. The number of amides is 3. The number of carbonyl (C=O) groups excluding carboxylic acids is 3. The maximum absolute atomic E-state index is 14.0. The zero-order valence-electron chi connectivity index (χ0n) is 26.7. The topological polar surface area (TPSA) is 163 Å². The lowest BCUT2D eigenvalue weighted by Gasteiger charge is -2.33. The molecule has 250 valence electrons. The molecule has 12 heteroatoms. The van der Waals surface area contributed by atoms with Crippen molar-refractivity contribution >= 4 is 17.7 Å². The molecule has 3 amide bonds. The minimum absolute atomic E-state index is 0.0167. The lowest BCUT2D eigenvalue weighted by atomic mass is 9.89. The molecule has 3 aromatic rings. The summed E-state index contributed by atoms with van der Waals surface area (Å²) in [6.45, 7) is 3.62. The average Bonchev–Trinajstić information content (AvgIpc) is 3.79. The molecule has 1 saturated carbocycles. The number of aryl methyl sites for hydroxylation is 2. The van der Waals surface area contributed by atoms with Gasteiger partial charge in [0.05, 0.1) is 17.3 Å². The Hall–Kier alpha value is -4.26. The van der Waals surface area contributed by atoms with Crippen molar-refractivity contribution in [3.8, 4) is 5.75 Å². The lowest BCUT2D eigenvalue weighted by molar-refractivity contribution is -0.147. The maximum Gasteiger partial charge on any atom is 0.254 e. The van der Waals surface area contributed by atoms with Gasteiger partial charge in [-0.3, -0.25) is 14.4 Å². The number of fused-ring (bicyclic) bond motifs is 1. The number of para-hydroxylation sites is 1. The van der Waals surface area contributed by atoms with Crippen molar-refractivity contribution in [2.45, 2.75) is 88.8 Å². The molecule has 3 heterocycles. The van der Waals surface area contributed by atoms with E-state index >= 15 is 0 Å². The molecule has 1 spiro atoms. The molecule has 47 heavy (non-hydrogen) atoms. The maximum atomic E-state index is 14.0. The number of aliphatic hydroxyl groups excluding tert-OH is 2. The number of nitrogens with zero attached hydrogens (tertiary/aromatic N) is 2. The Bertz CT molecular complexity index is 1570. The molecule has 0 bridgehead atoms. The fourth-order valence-electron chi connectivity index (χ4n) is 7.16. The number of carbonyl (C=O) groups is 3. The molecule has 2 fully saturated rings. The van der Waals surface area contributed by atoms with Gasteiger partial charge in [0.25, 0.3) is 5.91 Å². The normalized spacial score (nSPS) is 22.7. The quantitative estimate of drug-likeness (QED) is 0.259. The summed E-state index contributed by atoms with van der Waals surface area (Å²) in [5, 5.41) is 32.0. The zero-order valence-corrected chi connectivity index (χ0v) is 26.7. The van der Waals surface area contributed by atoms with Crippen LogP contribution in [0.5, 0.6) is 5.75 Å². The lowest BCUT2D eigenvalue weighted by Crippen LogP contribution is -2.56. The second-order valence-electron chi connectivity index (χ2n) is 12.8. The van der Waals surface area contributed by atoms with Crippen LogP contribution in [0.25, 0.3) is 0 Å². The molecule has 12 nitrogen and oxygen atoms in total. The van der Waals surface area contributed by atoms with Gasteiger partial charge in [-0.1, -0.05) is 66.5 Å².